The zero-order valence-corrected chi connectivity index (χ0v) is 11.1. The fourth-order valence-corrected chi connectivity index (χ4v) is 2.04. The first-order chi connectivity index (χ1) is 9.99. The van der Waals surface area contributed by atoms with Crippen molar-refractivity contribution in [3.63, 3.8) is 0 Å². The molecule has 0 unspecified atom stereocenters. The molecule has 4 N–H and O–H groups in total. The first kappa shape index (κ1) is 14.5. The molecular weight excluding hydrogens is 273 g/mol. The van der Waals surface area contributed by atoms with E-state index in [1.54, 1.807) is 24.3 Å². The summed E-state index contributed by atoms with van der Waals surface area (Å²) in [6.45, 7) is 0. The van der Waals surface area contributed by atoms with Gasteiger partial charge in [-0.1, -0.05) is 18.2 Å². The van der Waals surface area contributed by atoms with Gasteiger partial charge in [-0.25, -0.2) is 9.18 Å². The lowest BCUT2D eigenvalue weighted by Crippen LogP contribution is -2.32. The Bertz CT molecular complexity index is 671. The van der Waals surface area contributed by atoms with Crippen molar-refractivity contribution in [2.45, 2.75) is 6.42 Å². The molecule has 108 valence electrons. The zero-order valence-electron chi connectivity index (χ0n) is 11.1. The molecule has 0 radical (unpaired) electrons. The molecule has 5 nitrogen and oxygen atoms in total. The minimum atomic E-state index is -0.737. The van der Waals surface area contributed by atoms with E-state index in [-0.39, 0.29) is 6.42 Å². The van der Waals surface area contributed by atoms with Gasteiger partial charge < -0.3 is 11.5 Å². The average Bonchev–Trinajstić information content (AvgIpc) is 2.42. The van der Waals surface area contributed by atoms with Gasteiger partial charge in [0.05, 0.1) is 17.8 Å². The van der Waals surface area contributed by atoms with Gasteiger partial charge in [0.25, 0.3) is 0 Å². The van der Waals surface area contributed by atoms with Crippen molar-refractivity contribution in [1.82, 2.24) is 0 Å². The van der Waals surface area contributed by atoms with Gasteiger partial charge in [0.2, 0.25) is 5.91 Å². The molecule has 0 heterocycles. The number of carbonyl (C=O) groups is 2. The lowest BCUT2D eigenvalue weighted by Gasteiger charge is -2.23. The second kappa shape index (κ2) is 6.04. The highest BCUT2D eigenvalue weighted by molar-refractivity contribution is 5.99. The Morgan fingerprint density at radius 3 is 2.19 bits per heavy atom. The topological polar surface area (TPSA) is 89.4 Å². The Kier molecular flexibility index (Phi) is 4.18. The molecule has 0 saturated heterocycles. The first-order valence-corrected chi connectivity index (χ1v) is 6.20. The maximum Gasteiger partial charge on any atom is 0.323 e. The number of nitrogens with two attached hydrogens (primary N) is 2. The lowest BCUT2D eigenvalue weighted by atomic mass is 10.1. The van der Waals surface area contributed by atoms with Gasteiger partial charge in [0.1, 0.15) is 5.82 Å². The van der Waals surface area contributed by atoms with Crippen LogP contribution in [0.15, 0.2) is 48.5 Å². The molecule has 0 saturated carbocycles. The summed E-state index contributed by atoms with van der Waals surface area (Å²) in [7, 11) is 0. The third kappa shape index (κ3) is 3.36. The van der Waals surface area contributed by atoms with E-state index in [1.807, 2.05) is 0 Å². The van der Waals surface area contributed by atoms with Crippen LogP contribution in [0.1, 0.15) is 5.56 Å². The molecule has 2 aromatic rings. The van der Waals surface area contributed by atoms with Gasteiger partial charge in [-0.15, -0.1) is 0 Å². The van der Waals surface area contributed by atoms with Gasteiger partial charge in [0.15, 0.2) is 0 Å². The van der Waals surface area contributed by atoms with Crippen molar-refractivity contribution in [2.24, 2.45) is 11.5 Å². The lowest BCUT2D eigenvalue weighted by molar-refractivity contribution is -0.117. The normalized spacial score (nSPS) is 10.1. The van der Waals surface area contributed by atoms with Crippen molar-refractivity contribution in [2.75, 3.05) is 4.90 Å². The Morgan fingerprint density at radius 2 is 1.62 bits per heavy atom. The second-order valence-electron chi connectivity index (χ2n) is 4.42. The molecule has 0 spiro atoms. The summed E-state index contributed by atoms with van der Waals surface area (Å²) in [5.41, 5.74) is 12.0. The summed E-state index contributed by atoms with van der Waals surface area (Å²) in [4.78, 5) is 24.1. The van der Waals surface area contributed by atoms with Gasteiger partial charge in [-0.05, 0) is 35.9 Å². The van der Waals surface area contributed by atoms with Crippen molar-refractivity contribution < 1.29 is 14.0 Å². The summed E-state index contributed by atoms with van der Waals surface area (Å²) in [6, 6.07) is 11.3. The second-order valence-corrected chi connectivity index (χ2v) is 4.42. The number of hydrogen-bond donors (Lipinski definition) is 2. The smallest absolute Gasteiger partial charge is 0.323 e. The molecule has 0 aliphatic heterocycles. The third-order valence-corrected chi connectivity index (χ3v) is 2.90. The Labute approximate surface area is 121 Å². The van der Waals surface area contributed by atoms with Crippen molar-refractivity contribution in [3.8, 4) is 0 Å². The van der Waals surface area contributed by atoms with Crippen LogP contribution in [0.5, 0.6) is 0 Å². The molecule has 0 bridgehead atoms. The fourth-order valence-electron chi connectivity index (χ4n) is 2.04. The standard InChI is InChI=1S/C15H14FN3O2/c16-11-5-7-12(8-6-11)19(15(18)21)13-4-2-1-3-10(13)9-14(17)20/h1-8H,9H2,(H2,17,20)(H2,18,21). The first-order valence-electron chi connectivity index (χ1n) is 6.20. The number of halogens is 1. The van der Waals surface area contributed by atoms with Crippen LogP contribution in [0.4, 0.5) is 20.6 Å². The maximum absolute atomic E-state index is 13.0. The number of urea groups is 1. The van der Waals surface area contributed by atoms with Crippen molar-refractivity contribution >= 4 is 23.3 Å². The minimum Gasteiger partial charge on any atom is -0.369 e. The molecule has 2 rings (SSSR count). The molecule has 6 heteroatoms. The molecule has 2 aromatic carbocycles. The molecule has 0 aromatic heterocycles. The Balaban J connectivity index is 2.51. The van der Waals surface area contributed by atoms with Crippen LogP contribution in [0.3, 0.4) is 0 Å². The quantitative estimate of drug-likeness (QED) is 0.901. The summed E-state index contributed by atoms with van der Waals surface area (Å²) in [5, 5.41) is 0. The van der Waals surface area contributed by atoms with E-state index in [9.17, 15) is 14.0 Å². The van der Waals surface area contributed by atoms with E-state index in [2.05, 4.69) is 0 Å². The molecule has 0 aliphatic rings. The minimum absolute atomic E-state index is 0.0266. The maximum atomic E-state index is 13.0. The number of hydrogen-bond acceptors (Lipinski definition) is 2. The van der Waals surface area contributed by atoms with Crippen LogP contribution in [0, 0.1) is 5.82 Å². The van der Waals surface area contributed by atoms with Crippen LogP contribution >= 0.6 is 0 Å². The number of para-hydroxylation sites is 1. The number of nitrogens with zero attached hydrogens (tertiary/aromatic N) is 1. The summed E-state index contributed by atoms with van der Waals surface area (Å²) in [5.74, 6) is -0.945. The van der Waals surface area contributed by atoms with Crippen LogP contribution in [0.2, 0.25) is 0 Å². The van der Waals surface area contributed by atoms with E-state index < -0.39 is 17.8 Å². The van der Waals surface area contributed by atoms with Crippen LogP contribution < -0.4 is 16.4 Å². The molecule has 21 heavy (non-hydrogen) atoms. The van der Waals surface area contributed by atoms with E-state index in [0.29, 0.717) is 16.9 Å². The van der Waals surface area contributed by atoms with E-state index in [0.717, 1.165) is 0 Å². The third-order valence-electron chi connectivity index (χ3n) is 2.90. The number of benzene rings is 2. The van der Waals surface area contributed by atoms with Crippen LogP contribution in [-0.2, 0) is 11.2 Å². The molecule has 0 aliphatic carbocycles. The monoisotopic (exact) mass is 287 g/mol. The number of amides is 3. The number of primary amides is 2. The Hall–Kier alpha value is -2.89. The van der Waals surface area contributed by atoms with Gasteiger partial charge >= 0.3 is 6.03 Å². The highest BCUT2D eigenvalue weighted by Crippen LogP contribution is 2.28. The van der Waals surface area contributed by atoms with Crippen molar-refractivity contribution in [3.05, 3.63) is 59.9 Å². The number of carbonyl (C=O) groups excluding carboxylic acids is 2. The summed E-state index contributed by atoms with van der Waals surface area (Å²) < 4.78 is 13.0. The van der Waals surface area contributed by atoms with E-state index >= 15 is 0 Å². The van der Waals surface area contributed by atoms with Crippen LogP contribution in [0.25, 0.3) is 0 Å². The van der Waals surface area contributed by atoms with Crippen LogP contribution in [-0.4, -0.2) is 11.9 Å². The highest BCUT2D eigenvalue weighted by Gasteiger charge is 2.18. The zero-order chi connectivity index (χ0) is 15.4. The molecule has 0 fully saturated rings. The van der Waals surface area contributed by atoms with Gasteiger partial charge in [-0.2, -0.15) is 0 Å². The highest BCUT2D eigenvalue weighted by atomic mass is 19.1. The number of anilines is 2. The van der Waals surface area contributed by atoms with Gasteiger partial charge in [0, 0.05) is 0 Å². The van der Waals surface area contributed by atoms with Gasteiger partial charge in [-0.3, -0.25) is 9.69 Å². The predicted octanol–water partition coefficient (Wildman–Crippen LogP) is 2.07. The molecule has 3 amide bonds. The molecular formula is C15H14FN3O2. The molecule has 0 atom stereocenters. The predicted molar refractivity (Wildman–Crippen MR) is 77.5 cm³/mol. The largest absolute Gasteiger partial charge is 0.369 e. The Morgan fingerprint density at radius 1 is 1.00 bits per heavy atom. The SMILES string of the molecule is NC(=O)Cc1ccccc1N(C(N)=O)c1ccc(F)cc1. The van der Waals surface area contributed by atoms with Crippen molar-refractivity contribution in [1.29, 1.82) is 0 Å². The fraction of sp³-hybridized carbons (Fsp3) is 0.0667. The number of rotatable bonds is 4. The summed E-state index contributed by atoms with van der Waals surface area (Å²) >= 11 is 0. The van der Waals surface area contributed by atoms with E-state index in [4.69, 9.17) is 11.5 Å². The summed E-state index contributed by atoms with van der Waals surface area (Å²) in [6.07, 6.45) is -0.0266. The average molecular weight is 287 g/mol. The van der Waals surface area contributed by atoms with E-state index in [1.165, 1.54) is 29.2 Å².